The summed E-state index contributed by atoms with van der Waals surface area (Å²) in [6, 6.07) is 7.85. The number of carbonyl (C=O) groups is 1. The summed E-state index contributed by atoms with van der Waals surface area (Å²) in [7, 11) is 0. The molecular formula is C19H19FN4OS. The summed E-state index contributed by atoms with van der Waals surface area (Å²) in [6.07, 6.45) is 2.23. The van der Waals surface area contributed by atoms with Crippen molar-refractivity contribution in [1.29, 1.82) is 0 Å². The van der Waals surface area contributed by atoms with E-state index in [2.05, 4.69) is 20.5 Å². The molecule has 1 N–H and O–H groups in total. The third kappa shape index (κ3) is 3.37. The van der Waals surface area contributed by atoms with Gasteiger partial charge in [0.05, 0.1) is 6.42 Å². The van der Waals surface area contributed by atoms with Crippen molar-refractivity contribution in [3.63, 3.8) is 0 Å². The number of hydrogen-bond acceptors (Lipinski definition) is 6. The Kier molecular flexibility index (Phi) is 4.50. The van der Waals surface area contributed by atoms with E-state index in [1.807, 2.05) is 31.2 Å². The van der Waals surface area contributed by atoms with E-state index in [4.69, 9.17) is 0 Å². The highest BCUT2D eigenvalue weighted by Crippen LogP contribution is 2.28. The molecule has 26 heavy (non-hydrogen) atoms. The van der Waals surface area contributed by atoms with Crippen molar-refractivity contribution in [1.82, 2.24) is 20.5 Å². The van der Waals surface area contributed by atoms with Crippen LogP contribution in [0.2, 0.25) is 0 Å². The first-order chi connectivity index (χ1) is 12.5. The Hall–Kier alpha value is -2.25. The van der Waals surface area contributed by atoms with Gasteiger partial charge in [-0.05, 0) is 37.5 Å². The maximum Gasteiger partial charge on any atom is 0.175 e. The molecule has 2 aromatic heterocycles. The van der Waals surface area contributed by atoms with Gasteiger partial charge in [-0.1, -0.05) is 23.5 Å². The maximum atomic E-state index is 14.8. The fourth-order valence-electron chi connectivity index (χ4n) is 3.25. The Labute approximate surface area is 154 Å². The van der Waals surface area contributed by atoms with Gasteiger partial charge in [0, 0.05) is 35.7 Å². The first-order valence-corrected chi connectivity index (χ1v) is 9.47. The van der Waals surface area contributed by atoms with Crippen molar-refractivity contribution in [2.24, 2.45) is 0 Å². The number of carbonyl (C=O) groups excluding carboxylic acids is 1. The second-order valence-electron chi connectivity index (χ2n) is 6.68. The number of nitrogens with one attached hydrogen (secondary N) is 1. The van der Waals surface area contributed by atoms with Crippen LogP contribution in [0, 0.1) is 6.92 Å². The van der Waals surface area contributed by atoms with Crippen LogP contribution in [-0.4, -0.2) is 39.7 Å². The minimum atomic E-state index is -1.73. The highest BCUT2D eigenvalue weighted by molar-refractivity contribution is 7.14. The number of alkyl halides is 1. The molecule has 0 saturated carbocycles. The normalized spacial score (nSPS) is 16.7. The number of pyridine rings is 1. The molecule has 4 rings (SSSR count). The number of benzene rings is 1. The molecule has 1 aromatic carbocycles. The minimum Gasteiger partial charge on any atom is -0.316 e. The molecule has 3 heterocycles. The number of nitrogens with zero attached hydrogens (tertiary/aromatic N) is 3. The zero-order valence-electron chi connectivity index (χ0n) is 14.5. The minimum absolute atomic E-state index is 0.0224. The molecule has 0 bridgehead atoms. The Morgan fingerprint density at radius 1 is 1.23 bits per heavy atom. The molecular weight excluding hydrogens is 351 g/mol. The third-order valence-corrected chi connectivity index (χ3v) is 5.68. The van der Waals surface area contributed by atoms with Crippen LogP contribution in [-0.2, 0) is 11.2 Å². The number of hydrogen-bond donors (Lipinski definition) is 1. The topological polar surface area (TPSA) is 67.8 Å². The number of rotatable bonds is 4. The number of ketones is 1. The average Bonchev–Trinajstić information content (AvgIpc) is 3.08. The van der Waals surface area contributed by atoms with Crippen LogP contribution in [0.4, 0.5) is 4.39 Å². The van der Waals surface area contributed by atoms with Crippen LogP contribution < -0.4 is 5.32 Å². The van der Waals surface area contributed by atoms with Gasteiger partial charge in [0.2, 0.25) is 0 Å². The van der Waals surface area contributed by atoms with E-state index in [1.165, 1.54) is 11.3 Å². The Bertz CT molecular complexity index is 965. The van der Waals surface area contributed by atoms with Crippen LogP contribution in [0.5, 0.6) is 0 Å². The lowest BCUT2D eigenvalue weighted by Crippen LogP contribution is -2.45. The van der Waals surface area contributed by atoms with Gasteiger partial charge in [-0.3, -0.25) is 9.78 Å². The largest absolute Gasteiger partial charge is 0.316 e. The summed E-state index contributed by atoms with van der Waals surface area (Å²) in [6.45, 7) is 3.00. The van der Waals surface area contributed by atoms with Crippen molar-refractivity contribution in [3.8, 4) is 10.6 Å². The summed E-state index contributed by atoms with van der Waals surface area (Å²) in [4.78, 5) is 16.8. The predicted molar refractivity (Wildman–Crippen MR) is 100 cm³/mol. The van der Waals surface area contributed by atoms with Gasteiger partial charge in [0.25, 0.3) is 0 Å². The molecule has 3 aromatic rings. The zero-order chi connectivity index (χ0) is 18.1. The molecule has 134 valence electrons. The number of fused-ring (bicyclic) bond motifs is 1. The molecule has 0 radical (unpaired) electrons. The standard InChI is InChI=1S/C19H19FN4OS/c1-12-23-24-18(26-12)13-2-3-14-11-22-16(9-15(14)8-13)10-17(25)19(20)4-6-21-7-5-19/h2-3,8-9,11,21H,4-7,10H2,1H3. The molecule has 1 fully saturated rings. The highest BCUT2D eigenvalue weighted by atomic mass is 32.1. The molecule has 1 aliphatic heterocycles. The van der Waals surface area contributed by atoms with Gasteiger partial charge >= 0.3 is 0 Å². The van der Waals surface area contributed by atoms with E-state index in [-0.39, 0.29) is 25.0 Å². The molecule has 0 atom stereocenters. The Morgan fingerprint density at radius 3 is 2.77 bits per heavy atom. The van der Waals surface area contributed by atoms with Crippen LogP contribution in [0.1, 0.15) is 23.5 Å². The predicted octanol–water partition coefficient (Wildman–Crippen LogP) is 3.27. The van der Waals surface area contributed by atoms with Gasteiger partial charge in [-0.25, -0.2) is 4.39 Å². The number of aryl methyl sites for hydroxylation is 1. The van der Waals surface area contributed by atoms with E-state index in [0.717, 1.165) is 26.4 Å². The Morgan fingerprint density at radius 2 is 2.04 bits per heavy atom. The van der Waals surface area contributed by atoms with Crippen LogP contribution in [0.15, 0.2) is 30.5 Å². The van der Waals surface area contributed by atoms with E-state index in [9.17, 15) is 9.18 Å². The second kappa shape index (κ2) is 6.81. The van der Waals surface area contributed by atoms with Crippen molar-refractivity contribution < 1.29 is 9.18 Å². The smallest absolute Gasteiger partial charge is 0.175 e. The fraction of sp³-hybridized carbons (Fsp3) is 0.368. The average molecular weight is 370 g/mol. The zero-order valence-corrected chi connectivity index (χ0v) is 15.3. The molecule has 0 spiro atoms. The quantitative estimate of drug-likeness (QED) is 0.763. The lowest BCUT2D eigenvalue weighted by atomic mass is 9.87. The monoisotopic (exact) mass is 370 g/mol. The van der Waals surface area contributed by atoms with Crippen molar-refractivity contribution in [2.45, 2.75) is 31.9 Å². The summed E-state index contributed by atoms with van der Waals surface area (Å²) in [5.41, 5.74) is -0.149. The van der Waals surface area contributed by atoms with Gasteiger partial charge < -0.3 is 5.32 Å². The van der Waals surface area contributed by atoms with Crippen molar-refractivity contribution >= 4 is 27.9 Å². The highest BCUT2D eigenvalue weighted by Gasteiger charge is 2.39. The van der Waals surface area contributed by atoms with Crippen LogP contribution in [0.3, 0.4) is 0 Å². The van der Waals surface area contributed by atoms with Crippen LogP contribution in [0.25, 0.3) is 21.3 Å². The summed E-state index contributed by atoms with van der Waals surface area (Å²) >= 11 is 1.54. The third-order valence-electron chi connectivity index (χ3n) is 4.79. The number of halogens is 1. The molecule has 5 nitrogen and oxygen atoms in total. The van der Waals surface area contributed by atoms with Crippen molar-refractivity contribution in [2.75, 3.05) is 13.1 Å². The number of aromatic nitrogens is 3. The van der Waals surface area contributed by atoms with Gasteiger partial charge in [0.1, 0.15) is 10.0 Å². The van der Waals surface area contributed by atoms with Gasteiger partial charge in [-0.2, -0.15) is 0 Å². The van der Waals surface area contributed by atoms with Gasteiger partial charge in [0.15, 0.2) is 11.5 Å². The number of piperidine rings is 1. The second-order valence-corrected chi connectivity index (χ2v) is 7.86. The molecule has 0 amide bonds. The van der Waals surface area contributed by atoms with Gasteiger partial charge in [-0.15, -0.1) is 10.2 Å². The summed E-state index contributed by atoms with van der Waals surface area (Å²) in [5, 5.41) is 15.0. The van der Waals surface area contributed by atoms with Crippen molar-refractivity contribution in [3.05, 3.63) is 41.2 Å². The fourth-order valence-corrected chi connectivity index (χ4v) is 3.94. The lowest BCUT2D eigenvalue weighted by Gasteiger charge is -2.28. The Balaban J connectivity index is 1.61. The summed E-state index contributed by atoms with van der Waals surface area (Å²) in [5.74, 6) is -0.373. The molecule has 0 aliphatic carbocycles. The molecule has 1 saturated heterocycles. The van der Waals surface area contributed by atoms with E-state index in [1.54, 1.807) is 6.20 Å². The lowest BCUT2D eigenvalue weighted by molar-refractivity contribution is -0.131. The van der Waals surface area contributed by atoms with Crippen LogP contribution >= 0.6 is 11.3 Å². The maximum absolute atomic E-state index is 14.8. The molecule has 1 aliphatic rings. The first-order valence-electron chi connectivity index (χ1n) is 8.66. The number of Topliss-reactive ketones (excluding diaryl/α,β-unsaturated/α-hetero) is 1. The first kappa shape index (κ1) is 17.2. The van der Waals surface area contributed by atoms with E-state index in [0.29, 0.717) is 18.8 Å². The van der Waals surface area contributed by atoms with E-state index >= 15 is 0 Å². The molecule has 0 unspecified atom stereocenters. The molecule has 7 heteroatoms. The van der Waals surface area contributed by atoms with E-state index < -0.39 is 5.67 Å². The summed E-state index contributed by atoms with van der Waals surface area (Å²) < 4.78 is 14.8. The SMILES string of the molecule is Cc1nnc(-c2ccc3cnc(CC(=O)C4(F)CCNCC4)cc3c2)s1.